The fourth-order valence-corrected chi connectivity index (χ4v) is 4.00. The lowest BCUT2D eigenvalue weighted by Crippen LogP contribution is -2.34. The number of nitro benzene ring substituents is 1. The van der Waals surface area contributed by atoms with E-state index in [-0.39, 0.29) is 10.6 Å². The Labute approximate surface area is 132 Å². The minimum absolute atomic E-state index is 0.141. The third-order valence-corrected chi connectivity index (χ3v) is 5.26. The minimum atomic E-state index is -0.349. The number of benzene rings is 1. The fraction of sp³-hybridized carbons (Fsp3) is 0.571. The molecule has 0 saturated heterocycles. The Morgan fingerprint density at radius 3 is 2.95 bits per heavy atom. The number of nitrogens with zero attached hydrogens (tertiary/aromatic N) is 1. The largest absolute Gasteiger partial charge is 0.310 e. The molecule has 0 radical (unpaired) electrons. The normalized spacial score (nSPS) is 22.7. The zero-order valence-corrected chi connectivity index (χ0v) is 13.9. The Kier molecular flexibility index (Phi) is 5.86. The highest BCUT2D eigenvalue weighted by molar-refractivity contribution is 9.10. The smallest absolute Gasteiger partial charge is 0.270 e. The molecule has 1 aromatic carbocycles. The van der Waals surface area contributed by atoms with E-state index in [1.54, 1.807) is 6.07 Å². The molecule has 1 aliphatic rings. The number of hydrogen-bond acceptors (Lipinski definition) is 4. The molecule has 4 nitrogen and oxygen atoms in total. The van der Waals surface area contributed by atoms with Gasteiger partial charge in [0.15, 0.2) is 0 Å². The zero-order valence-electron chi connectivity index (χ0n) is 11.5. The van der Waals surface area contributed by atoms with E-state index in [1.807, 2.05) is 17.8 Å². The Morgan fingerprint density at radius 1 is 1.45 bits per heavy atom. The van der Waals surface area contributed by atoms with Gasteiger partial charge in [-0.05, 0) is 37.1 Å². The summed E-state index contributed by atoms with van der Waals surface area (Å²) in [4.78, 5) is 10.5. The van der Waals surface area contributed by atoms with E-state index in [4.69, 9.17) is 0 Å². The highest BCUT2D eigenvalue weighted by atomic mass is 79.9. The van der Waals surface area contributed by atoms with Crippen LogP contribution in [0.3, 0.4) is 0 Å². The summed E-state index contributed by atoms with van der Waals surface area (Å²) in [6.07, 6.45) is 7.14. The summed E-state index contributed by atoms with van der Waals surface area (Å²) in [6, 6.07) is 5.65. The third kappa shape index (κ3) is 4.46. The second-order valence-corrected chi connectivity index (χ2v) is 7.23. The molecule has 1 saturated carbocycles. The summed E-state index contributed by atoms with van der Waals surface area (Å²) in [5.74, 6) is 0. The lowest BCUT2D eigenvalue weighted by Gasteiger charge is -2.28. The summed E-state index contributed by atoms with van der Waals surface area (Å²) >= 11 is 5.28. The van der Waals surface area contributed by atoms with Gasteiger partial charge >= 0.3 is 0 Å². The van der Waals surface area contributed by atoms with Gasteiger partial charge in [0, 0.05) is 34.4 Å². The number of hydrogen-bond donors (Lipinski definition) is 1. The van der Waals surface area contributed by atoms with Gasteiger partial charge in [-0.1, -0.05) is 22.4 Å². The maximum Gasteiger partial charge on any atom is 0.270 e. The number of nitrogens with one attached hydrogen (secondary N) is 1. The summed E-state index contributed by atoms with van der Waals surface area (Å²) in [6.45, 7) is 0.687. The topological polar surface area (TPSA) is 55.2 Å². The van der Waals surface area contributed by atoms with Gasteiger partial charge in [-0.2, -0.15) is 11.8 Å². The first-order valence-electron chi connectivity index (χ1n) is 6.78. The van der Waals surface area contributed by atoms with Crippen LogP contribution in [0.2, 0.25) is 0 Å². The van der Waals surface area contributed by atoms with Crippen molar-refractivity contribution in [1.29, 1.82) is 0 Å². The fourth-order valence-electron chi connectivity index (χ4n) is 2.65. The first-order valence-corrected chi connectivity index (χ1v) is 8.86. The van der Waals surface area contributed by atoms with Crippen LogP contribution in [0.25, 0.3) is 0 Å². The van der Waals surface area contributed by atoms with Crippen molar-refractivity contribution >= 4 is 33.4 Å². The second-order valence-electron chi connectivity index (χ2n) is 5.18. The van der Waals surface area contributed by atoms with Crippen molar-refractivity contribution in [2.45, 2.75) is 43.5 Å². The molecule has 110 valence electrons. The van der Waals surface area contributed by atoms with E-state index < -0.39 is 0 Å². The SMILES string of the molecule is CSC1CCCC(NCc2cc(Br)cc([N+](=O)[O-])c2)C1. The summed E-state index contributed by atoms with van der Waals surface area (Å²) in [5.41, 5.74) is 1.10. The molecular weight excluding hydrogens is 340 g/mol. The lowest BCUT2D eigenvalue weighted by atomic mass is 9.95. The van der Waals surface area contributed by atoms with Crippen molar-refractivity contribution in [3.05, 3.63) is 38.3 Å². The molecule has 0 spiro atoms. The van der Waals surface area contributed by atoms with E-state index in [2.05, 4.69) is 27.5 Å². The molecule has 0 heterocycles. The number of rotatable bonds is 5. The molecular formula is C14H19BrN2O2S. The van der Waals surface area contributed by atoms with Crippen molar-refractivity contribution < 1.29 is 4.92 Å². The molecule has 6 heteroatoms. The predicted molar refractivity (Wildman–Crippen MR) is 87.2 cm³/mol. The molecule has 1 aliphatic carbocycles. The maximum atomic E-state index is 10.9. The second kappa shape index (κ2) is 7.43. The van der Waals surface area contributed by atoms with Gasteiger partial charge in [0.05, 0.1) is 4.92 Å². The van der Waals surface area contributed by atoms with Gasteiger partial charge in [0.1, 0.15) is 0 Å². The Balaban J connectivity index is 1.95. The van der Waals surface area contributed by atoms with E-state index >= 15 is 0 Å². The average Bonchev–Trinajstić information content (AvgIpc) is 2.44. The quantitative estimate of drug-likeness (QED) is 0.635. The van der Waals surface area contributed by atoms with Crippen molar-refractivity contribution in [3.63, 3.8) is 0 Å². The van der Waals surface area contributed by atoms with Crippen LogP contribution in [0, 0.1) is 10.1 Å². The van der Waals surface area contributed by atoms with Crippen molar-refractivity contribution in [1.82, 2.24) is 5.32 Å². The molecule has 2 rings (SSSR count). The monoisotopic (exact) mass is 358 g/mol. The molecule has 1 N–H and O–H groups in total. The highest BCUT2D eigenvalue weighted by Crippen LogP contribution is 2.27. The zero-order chi connectivity index (χ0) is 14.5. The van der Waals surface area contributed by atoms with Crippen molar-refractivity contribution in [2.24, 2.45) is 0 Å². The Bertz CT molecular complexity index is 484. The molecule has 1 aromatic rings. The number of thioether (sulfide) groups is 1. The summed E-state index contributed by atoms with van der Waals surface area (Å²) in [5, 5.41) is 15.1. The first-order chi connectivity index (χ1) is 9.58. The van der Waals surface area contributed by atoms with E-state index in [9.17, 15) is 10.1 Å². The van der Waals surface area contributed by atoms with Crippen LogP contribution in [0.4, 0.5) is 5.69 Å². The van der Waals surface area contributed by atoms with E-state index in [1.165, 1.54) is 31.7 Å². The number of halogens is 1. The van der Waals surface area contributed by atoms with Crippen molar-refractivity contribution in [3.8, 4) is 0 Å². The van der Waals surface area contributed by atoms with Crippen molar-refractivity contribution in [2.75, 3.05) is 6.26 Å². The van der Waals surface area contributed by atoms with Crippen LogP contribution in [-0.4, -0.2) is 22.5 Å². The standard InChI is InChI=1S/C14H19BrN2O2S/c1-20-14-4-2-3-12(8-14)16-9-10-5-11(15)7-13(6-10)17(18)19/h5-7,12,14,16H,2-4,8-9H2,1H3. The molecule has 0 aromatic heterocycles. The average molecular weight is 359 g/mol. The van der Waals surface area contributed by atoms with Crippen LogP contribution in [0.15, 0.2) is 22.7 Å². The molecule has 2 atom stereocenters. The number of non-ortho nitro benzene ring substituents is 1. The van der Waals surface area contributed by atoms with Gasteiger partial charge in [-0.15, -0.1) is 0 Å². The highest BCUT2D eigenvalue weighted by Gasteiger charge is 2.20. The maximum absolute atomic E-state index is 10.9. The lowest BCUT2D eigenvalue weighted by molar-refractivity contribution is -0.385. The summed E-state index contributed by atoms with van der Waals surface area (Å²) < 4.78 is 0.758. The van der Waals surface area contributed by atoms with Crippen LogP contribution >= 0.6 is 27.7 Å². The van der Waals surface area contributed by atoms with Crippen LogP contribution in [0.5, 0.6) is 0 Å². The van der Waals surface area contributed by atoms with Gasteiger partial charge in [-0.3, -0.25) is 10.1 Å². The molecule has 0 amide bonds. The molecule has 1 fully saturated rings. The van der Waals surface area contributed by atoms with Crippen LogP contribution < -0.4 is 5.32 Å². The molecule has 20 heavy (non-hydrogen) atoms. The van der Waals surface area contributed by atoms with Crippen LogP contribution in [0.1, 0.15) is 31.2 Å². The molecule has 0 bridgehead atoms. The predicted octanol–water partition coefficient (Wildman–Crippen LogP) is 4.12. The molecule has 2 unspecified atom stereocenters. The van der Waals surface area contributed by atoms with Gasteiger partial charge < -0.3 is 5.32 Å². The van der Waals surface area contributed by atoms with E-state index in [0.29, 0.717) is 12.6 Å². The number of nitro groups is 1. The van der Waals surface area contributed by atoms with Gasteiger partial charge in [-0.25, -0.2) is 0 Å². The van der Waals surface area contributed by atoms with E-state index in [0.717, 1.165) is 15.3 Å². The van der Waals surface area contributed by atoms with Gasteiger partial charge in [0.25, 0.3) is 5.69 Å². The Hall–Kier alpha value is -0.590. The summed E-state index contributed by atoms with van der Waals surface area (Å²) in [7, 11) is 0. The first kappa shape index (κ1) is 15.8. The minimum Gasteiger partial charge on any atom is -0.310 e. The Morgan fingerprint density at radius 2 is 2.25 bits per heavy atom. The van der Waals surface area contributed by atoms with Gasteiger partial charge in [0.2, 0.25) is 0 Å². The van der Waals surface area contributed by atoms with Crippen LogP contribution in [-0.2, 0) is 6.54 Å². The molecule has 0 aliphatic heterocycles. The third-order valence-electron chi connectivity index (χ3n) is 3.71.